The molecule has 0 heterocycles. The molecule has 0 rings (SSSR count). The molecule has 0 fully saturated rings. The van der Waals surface area contributed by atoms with Crippen molar-refractivity contribution in [3.8, 4) is 0 Å². The van der Waals surface area contributed by atoms with Gasteiger partial charge in [0.05, 0.1) is 6.20 Å². The van der Waals surface area contributed by atoms with Gasteiger partial charge in [0.2, 0.25) is 0 Å². The molecule has 0 aromatic rings. The smallest absolute Gasteiger partial charge is 0.322 e. The molecule has 4 nitrogen and oxygen atoms in total. The summed E-state index contributed by atoms with van der Waals surface area (Å²) < 4.78 is 0. The molecule has 0 aliphatic rings. The van der Waals surface area contributed by atoms with Gasteiger partial charge in [0.1, 0.15) is 12.5 Å². The van der Waals surface area contributed by atoms with Crippen LogP contribution in [0.4, 0.5) is 0 Å². The van der Waals surface area contributed by atoms with Crippen LogP contribution in [0.15, 0.2) is 6.20 Å². The Kier molecular flexibility index (Phi) is 3.27. The molecule has 0 bridgehead atoms. The molecule has 0 aliphatic carbocycles. The molecule has 4 heteroatoms. The Morgan fingerprint density at radius 1 is 1.88 bits per heavy atom. The topological polar surface area (TPSA) is 66.4 Å². The van der Waals surface area contributed by atoms with Gasteiger partial charge in [0.15, 0.2) is 0 Å². The van der Waals surface area contributed by atoms with Gasteiger partial charge in [-0.3, -0.25) is 4.79 Å². The lowest BCUT2D eigenvalue weighted by molar-refractivity contribution is -0.135. The number of nitrogens with one attached hydrogen (secondary N) is 1. The van der Waals surface area contributed by atoms with Crippen molar-refractivity contribution in [3.63, 3.8) is 0 Å². The van der Waals surface area contributed by atoms with Gasteiger partial charge in [-0.05, 0) is 0 Å². The number of hydrogen-bond donors (Lipinski definition) is 2. The quantitative estimate of drug-likeness (QED) is 0.463. The van der Waals surface area contributed by atoms with Crippen LogP contribution in [0.25, 0.3) is 0 Å². The molecular formula is C4H5NO3. The van der Waals surface area contributed by atoms with Crippen molar-refractivity contribution in [2.45, 2.75) is 0 Å². The van der Waals surface area contributed by atoms with E-state index in [0.29, 0.717) is 0 Å². The molecule has 0 aromatic heterocycles. The van der Waals surface area contributed by atoms with E-state index in [9.17, 15) is 9.59 Å². The van der Waals surface area contributed by atoms with Crippen LogP contribution in [0.5, 0.6) is 0 Å². The van der Waals surface area contributed by atoms with E-state index >= 15 is 0 Å². The highest BCUT2D eigenvalue weighted by atomic mass is 16.4. The van der Waals surface area contributed by atoms with E-state index in [1.165, 1.54) is 5.94 Å². The number of aliphatic carboxylic acids is 1. The number of rotatable bonds is 3. The SMILES string of the molecule is O=C=CNCC(=O)O. The highest BCUT2D eigenvalue weighted by molar-refractivity contribution is 5.69. The van der Waals surface area contributed by atoms with Crippen molar-refractivity contribution in [1.29, 1.82) is 0 Å². The Hall–Kier alpha value is -1.28. The van der Waals surface area contributed by atoms with Crippen LogP contribution in [-0.2, 0) is 9.59 Å². The van der Waals surface area contributed by atoms with E-state index in [1.54, 1.807) is 0 Å². The second kappa shape index (κ2) is 3.89. The Morgan fingerprint density at radius 2 is 2.50 bits per heavy atom. The highest BCUT2D eigenvalue weighted by Gasteiger charge is 1.88. The van der Waals surface area contributed by atoms with Crippen molar-refractivity contribution in [3.05, 3.63) is 6.20 Å². The second-order valence-electron chi connectivity index (χ2n) is 1.04. The lowest BCUT2D eigenvalue weighted by Crippen LogP contribution is -2.16. The summed E-state index contributed by atoms with van der Waals surface area (Å²) in [6.45, 7) is -0.241. The molecule has 0 saturated heterocycles. The number of carboxylic acid groups (broad SMARTS) is 1. The van der Waals surface area contributed by atoms with Crippen molar-refractivity contribution in [1.82, 2.24) is 5.32 Å². The minimum Gasteiger partial charge on any atom is -0.480 e. The Bertz CT molecular complexity index is 123. The van der Waals surface area contributed by atoms with Gasteiger partial charge < -0.3 is 10.4 Å². The van der Waals surface area contributed by atoms with Crippen molar-refractivity contribution >= 4 is 11.9 Å². The standard InChI is InChI=1S/C4H5NO3/c6-2-1-5-3-4(7)8/h1,5H,3H2,(H,7,8). The van der Waals surface area contributed by atoms with Crippen molar-refractivity contribution in [2.75, 3.05) is 6.54 Å². The predicted octanol–water partition coefficient (Wildman–Crippen LogP) is -0.994. The number of carbonyl (C=O) groups is 1. The van der Waals surface area contributed by atoms with Gasteiger partial charge in [-0.25, -0.2) is 4.79 Å². The van der Waals surface area contributed by atoms with Gasteiger partial charge >= 0.3 is 5.97 Å². The Balaban J connectivity index is 3.18. The van der Waals surface area contributed by atoms with E-state index in [1.807, 2.05) is 0 Å². The molecule has 0 amide bonds. The largest absolute Gasteiger partial charge is 0.480 e. The monoisotopic (exact) mass is 115 g/mol. The van der Waals surface area contributed by atoms with E-state index in [4.69, 9.17) is 5.11 Å². The van der Waals surface area contributed by atoms with Crippen LogP contribution >= 0.6 is 0 Å². The van der Waals surface area contributed by atoms with Gasteiger partial charge in [0, 0.05) is 0 Å². The molecule has 0 unspecified atom stereocenters. The average Bonchev–Trinajstić information content (AvgIpc) is 1.66. The zero-order chi connectivity index (χ0) is 6.41. The van der Waals surface area contributed by atoms with E-state index < -0.39 is 5.97 Å². The van der Waals surface area contributed by atoms with Crippen LogP contribution < -0.4 is 5.32 Å². The molecule has 0 atom stereocenters. The highest BCUT2D eigenvalue weighted by Crippen LogP contribution is 1.56. The third kappa shape index (κ3) is 4.72. The first-order valence-electron chi connectivity index (χ1n) is 1.92. The molecule has 0 radical (unpaired) electrons. The number of hydrogen-bond acceptors (Lipinski definition) is 3. The minimum atomic E-state index is -1.00. The second-order valence-corrected chi connectivity index (χ2v) is 1.04. The van der Waals surface area contributed by atoms with Gasteiger partial charge in [-0.2, -0.15) is 0 Å². The van der Waals surface area contributed by atoms with E-state index in [2.05, 4.69) is 5.32 Å². The first-order chi connectivity index (χ1) is 3.77. The summed E-state index contributed by atoms with van der Waals surface area (Å²) in [7, 11) is 0. The summed E-state index contributed by atoms with van der Waals surface area (Å²) in [4.78, 5) is 19.0. The fourth-order valence-corrected chi connectivity index (χ4v) is 0.180. The van der Waals surface area contributed by atoms with Gasteiger partial charge in [-0.15, -0.1) is 0 Å². The van der Waals surface area contributed by atoms with Crippen LogP contribution in [0.3, 0.4) is 0 Å². The van der Waals surface area contributed by atoms with Crippen LogP contribution in [0.2, 0.25) is 0 Å². The molecular weight excluding hydrogens is 110 g/mol. The van der Waals surface area contributed by atoms with Crippen LogP contribution in [0, 0.1) is 0 Å². The first kappa shape index (κ1) is 6.72. The fraction of sp³-hybridized carbons (Fsp3) is 0.250. The molecule has 0 spiro atoms. The fourth-order valence-electron chi connectivity index (χ4n) is 0.180. The minimum absolute atomic E-state index is 0.241. The zero-order valence-electron chi connectivity index (χ0n) is 4.05. The molecule has 0 saturated carbocycles. The predicted molar refractivity (Wildman–Crippen MR) is 25.9 cm³/mol. The third-order valence-corrected chi connectivity index (χ3v) is 0.414. The van der Waals surface area contributed by atoms with Crippen LogP contribution in [0.1, 0.15) is 0 Å². The molecule has 8 heavy (non-hydrogen) atoms. The maximum atomic E-state index is 9.66. The normalized spacial score (nSPS) is 7.00. The Labute approximate surface area is 45.8 Å². The molecule has 44 valence electrons. The number of carboxylic acids is 1. The summed E-state index contributed by atoms with van der Waals surface area (Å²) in [6.07, 6.45) is 0.911. The maximum absolute atomic E-state index is 9.66. The molecule has 2 N–H and O–H groups in total. The van der Waals surface area contributed by atoms with E-state index in [0.717, 1.165) is 6.20 Å². The van der Waals surface area contributed by atoms with Crippen molar-refractivity contribution in [2.24, 2.45) is 0 Å². The first-order valence-corrected chi connectivity index (χ1v) is 1.92. The maximum Gasteiger partial charge on any atom is 0.322 e. The van der Waals surface area contributed by atoms with Crippen LogP contribution in [-0.4, -0.2) is 23.6 Å². The summed E-state index contributed by atoms with van der Waals surface area (Å²) in [6, 6.07) is 0. The van der Waals surface area contributed by atoms with E-state index in [-0.39, 0.29) is 6.54 Å². The van der Waals surface area contributed by atoms with Crippen molar-refractivity contribution < 1.29 is 14.7 Å². The lowest BCUT2D eigenvalue weighted by Gasteiger charge is -1.87. The van der Waals surface area contributed by atoms with Gasteiger partial charge in [-0.1, -0.05) is 0 Å². The summed E-state index contributed by atoms with van der Waals surface area (Å²) in [5, 5.41) is 10.1. The van der Waals surface area contributed by atoms with Gasteiger partial charge in [0.25, 0.3) is 0 Å². The molecule has 0 aliphatic heterocycles. The Morgan fingerprint density at radius 3 is 2.88 bits per heavy atom. The summed E-state index contributed by atoms with van der Waals surface area (Å²) in [5.74, 6) is 0.370. The zero-order valence-corrected chi connectivity index (χ0v) is 4.05. The summed E-state index contributed by atoms with van der Waals surface area (Å²) >= 11 is 0. The average molecular weight is 115 g/mol. The number of carbonyl (C=O) groups excluding carboxylic acids is 1. The summed E-state index contributed by atoms with van der Waals surface area (Å²) in [5.41, 5.74) is 0. The molecule has 0 aromatic carbocycles. The lowest BCUT2D eigenvalue weighted by atomic mass is 10.7. The third-order valence-electron chi connectivity index (χ3n) is 0.414.